The molecule has 0 bridgehead atoms. The van der Waals surface area contributed by atoms with Crippen LogP contribution < -0.4 is 5.32 Å². The highest BCUT2D eigenvalue weighted by atomic mass is 15.1. The molecule has 17 heavy (non-hydrogen) atoms. The Morgan fingerprint density at radius 2 is 1.76 bits per heavy atom. The molecule has 1 rings (SSSR count). The molecule has 2 nitrogen and oxygen atoms in total. The smallest absolute Gasteiger partial charge is 0.0104 e. The molecular weight excluding hydrogens is 208 g/mol. The first-order valence-corrected chi connectivity index (χ1v) is 7.41. The zero-order valence-electron chi connectivity index (χ0n) is 12.4. The predicted molar refractivity (Wildman–Crippen MR) is 76.4 cm³/mol. The fourth-order valence-electron chi connectivity index (χ4n) is 2.68. The normalized spacial score (nSPS) is 18.2. The lowest BCUT2D eigenvalue weighted by Gasteiger charge is -2.23. The highest BCUT2D eigenvalue weighted by molar-refractivity contribution is 4.71. The maximum atomic E-state index is 3.54. The molecule has 1 aliphatic carbocycles. The summed E-state index contributed by atoms with van der Waals surface area (Å²) in [5.74, 6) is 1.05. The van der Waals surface area contributed by atoms with Gasteiger partial charge in [0.05, 0.1) is 0 Å². The molecule has 0 saturated heterocycles. The molecule has 0 unspecified atom stereocenters. The van der Waals surface area contributed by atoms with Gasteiger partial charge in [-0.15, -0.1) is 0 Å². The minimum atomic E-state index is 0.255. The van der Waals surface area contributed by atoms with Crippen molar-refractivity contribution < 1.29 is 0 Å². The summed E-state index contributed by atoms with van der Waals surface area (Å²) in [5.41, 5.74) is 0.255. The number of rotatable bonds is 7. The maximum Gasteiger partial charge on any atom is 0.0104 e. The van der Waals surface area contributed by atoms with Gasteiger partial charge in [0.2, 0.25) is 0 Å². The van der Waals surface area contributed by atoms with Crippen LogP contribution in [0.1, 0.15) is 59.3 Å². The first kappa shape index (κ1) is 15.0. The molecule has 0 heterocycles. The third-order valence-electron chi connectivity index (χ3n) is 3.78. The second kappa shape index (κ2) is 7.38. The van der Waals surface area contributed by atoms with E-state index in [1.54, 1.807) is 0 Å². The van der Waals surface area contributed by atoms with E-state index >= 15 is 0 Å². The van der Waals surface area contributed by atoms with Gasteiger partial charge in [0, 0.05) is 18.6 Å². The molecule has 1 N–H and O–H groups in total. The average Bonchev–Trinajstić information content (AvgIpc) is 2.68. The maximum absolute atomic E-state index is 3.54. The molecule has 0 aliphatic heterocycles. The van der Waals surface area contributed by atoms with Crippen LogP contribution in [-0.4, -0.2) is 37.1 Å². The van der Waals surface area contributed by atoms with Crippen molar-refractivity contribution in [2.75, 3.05) is 26.7 Å². The van der Waals surface area contributed by atoms with Crippen LogP contribution in [0.5, 0.6) is 0 Å². The van der Waals surface area contributed by atoms with Crippen LogP contribution in [0.4, 0.5) is 0 Å². The summed E-state index contributed by atoms with van der Waals surface area (Å²) in [5, 5.41) is 3.54. The van der Waals surface area contributed by atoms with E-state index in [-0.39, 0.29) is 5.54 Å². The summed E-state index contributed by atoms with van der Waals surface area (Å²) in [6.07, 6.45) is 8.80. The van der Waals surface area contributed by atoms with Gasteiger partial charge in [0.25, 0.3) is 0 Å². The van der Waals surface area contributed by atoms with E-state index in [9.17, 15) is 0 Å². The molecule has 2 heteroatoms. The Hall–Kier alpha value is -0.0800. The summed E-state index contributed by atoms with van der Waals surface area (Å²) in [4.78, 5) is 2.47. The Bertz CT molecular complexity index is 190. The Labute approximate surface area is 108 Å². The Kier molecular flexibility index (Phi) is 6.50. The van der Waals surface area contributed by atoms with Crippen LogP contribution in [0.25, 0.3) is 0 Å². The predicted octanol–water partition coefficient (Wildman–Crippen LogP) is 3.28. The van der Waals surface area contributed by atoms with Crippen LogP contribution in [0.15, 0.2) is 0 Å². The van der Waals surface area contributed by atoms with Crippen molar-refractivity contribution >= 4 is 0 Å². The van der Waals surface area contributed by atoms with Crippen LogP contribution in [0.2, 0.25) is 0 Å². The zero-order chi connectivity index (χ0) is 12.7. The van der Waals surface area contributed by atoms with Crippen LogP contribution in [0, 0.1) is 5.92 Å². The molecule has 1 aliphatic rings. The number of nitrogens with one attached hydrogen (secondary N) is 1. The molecule has 0 aromatic heterocycles. The molecule has 0 amide bonds. The van der Waals surface area contributed by atoms with Gasteiger partial charge in [-0.05, 0) is 53.1 Å². The van der Waals surface area contributed by atoms with Crippen molar-refractivity contribution in [3.8, 4) is 0 Å². The molecule has 0 aromatic carbocycles. The van der Waals surface area contributed by atoms with Crippen molar-refractivity contribution in [1.82, 2.24) is 10.2 Å². The topological polar surface area (TPSA) is 15.3 Å². The standard InChI is InChI=1S/C15H32N2/c1-15(2,3)16-11-13-17(4)12-7-10-14-8-5-6-9-14/h14,16H,5-13H2,1-4H3. The lowest BCUT2D eigenvalue weighted by molar-refractivity contribution is 0.295. The second-order valence-corrected chi connectivity index (χ2v) is 6.77. The lowest BCUT2D eigenvalue weighted by Crippen LogP contribution is -2.40. The number of nitrogens with zero attached hydrogens (tertiary/aromatic N) is 1. The highest BCUT2D eigenvalue weighted by Gasteiger charge is 2.14. The number of likely N-dealkylation sites (N-methyl/N-ethyl adjacent to an activating group) is 1. The third kappa shape index (κ3) is 7.77. The van der Waals surface area contributed by atoms with E-state index < -0.39 is 0 Å². The van der Waals surface area contributed by atoms with E-state index in [1.807, 2.05) is 0 Å². The van der Waals surface area contributed by atoms with Gasteiger partial charge in [0.1, 0.15) is 0 Å². The molecular formula is C15H32N2. The van der Waals surface area contributed by atoms with Crippen molar-refractivity contribution in [3.63, 3.8) is 0 Å². The Morgan fingerprint density at radius 3 is 2.35 bits per heavy atom. The van der Waals surface area contributed by atoms with Gasteiger partial charge < -0.3 is 10.2 Å². The SMILES string of the molecule is CN(CCCC1CCCC1)CCNC(C)(C)C. The number of hydrogen-bond acceptors (Lipinski definition) is 2. The lowest BCUT2D eigenvalue weighted by atomic mass is 10.0. The van der Waals surface area contributed by atoms with Gasteiger partial charge in [-0.1, -0.05) is 25.7 Å². The minimum Gasteiger partial charge on any atom is -0.311 e. The van der Waals surface area contributed by atoms with E-state index in [4.69, 9.17) is 0 Å². The summed E-state index contributed by atoms with van der Waals surface area (Å²) < 4.78 is 0. The van der Waals surface area contributed by atoms with Crippen molar-refractivity contribution in [2.45, 2.75) is 64.8 Å². The Balaban J connectivity index is 1.95. The highest BCUT2D eigenvalue weighted by Crippen LogP contribution is 2.28. The van der Waals surface area contributed by atoms with Gasteiger partial charge in [-0.3, -0.25) is 0 Å². The first-order chi connectivity index (χ1) is 7.97. The molecule has 0 atom stereocenters. The van der Waals surface area contributed by atoms with Crippen LogP contribution >= 0.6 is 0 Å². The van der Waals surface area contributed by atoms with Crippen LogP contribution in [0.3, 0.4) is 0 Å². The van der Waals surface area contributed by atoms with Crippen LogP contribution in [-0.2, 0) is 0 Å². The summed E-state index contributed by atoms with van der Waals surface area (Å²) in [7, 11) is 2.25. The van der Waals surface area contributed by atoms with Gasteiger partial charge in [-0.2, -0.15) is 0 Å². The zero-order valence-corrected chi connectivity index (χ0v) is 12.4. The first-order valence-electron chi connectivity index (χ1n) is 7.41. The fourth-order valence-corrected chi connectivity index (χ4v) is 2.68. The average molecular weight is 240 g/mol. The molecule has 0 spiro atoms. The van der Waals surface area contributed by atoms with E-state index in [0.717, 1.165) is 12.5 Å². The number of hydrogen-bond donors (Lipinski definition) is 1. The molecule has 1 fully saturated rings. The third-order valence-corrected chi connectivity index (χ3v) is 3.78. The van der Waals surface area contributed by atoms with E-state index in [1.165, 1.54) is 51.6 Å². The van der Waals surface area contributed by atoms with E-state index in [0.29, 0.717) is 0 Å². The largest absolute Gasteiger partial charge is 0.311 e. The quantitative estimate of drug-likeness (QED) is 0.735. The monoisotopic (exact) mass is 240 g/mol. The Morgan fingerprint density at radius 1 is 1.12 bits per heavy atom. The summed E-state index contributed by atoms with van der Waals surface area (Å²) >= 11 is 0. The fraction of sp³-hybridized carbons (Fsp3) is 1.00. The van der Waals surface area contributed by atoms with Gasteiger partial charge in [0.15, 0.2) is 0 Å². The molecule has 1 saturated carbocycles. The second-order valence-electron chi connectivity index (χ2n) is 6.77. The molecule has 0 aromatic rings. The van der Waals surface area contributed by atoms with Gasteiger partial charge in [-0.25, -0.2) is 0 Å². The van der Waals surface area contributed by atoms with Crippen molar-refractivity contribution in [3.05, 3.63) is 0 Å². The van der Waals surface area contributed by atoms with E-state index in [2.05, 4.69) is 38.0 Å². The summed E-state index contributed by atoms with van der Waals surface area (Å²) in [6.45, 7) is 10.2. The minimum absolute atomic E-state index is 0.255. The van der Waals surface area contributed by atoms with Gasteiger partial charge >= 0.3 is 0 Å². The van der Waals surface area contributed by atoms with Crippen molar-refractivity contribution in [2.24, 2.45) is 5.92 Å². The van der Waals surface area contributed by atoms with Crippen molar-refractivity contribution in [1.29, 1.82) is 0 Å². The summed E-state index contributed by atoms with van der Waals surface area (Å²) in [6, 6.07) is 0. The molecule has 102 valence electrons. The molecule has 0 radical (unpaired) electrons.